The molecule has 80 valence electrons. The molecule has 0 unspecified atom stereocenters. The fraction of sp³-hybridized carbons (Fsp3) is 0.273. The fourth-order valence-corrected chi connectivity index (χ4v) is 1.92. The molecule has 0 saturated carbocycles. The van der Waals surface area contributed by atoms with Crippen molar-refractivity contribution in [1.82, 2.24) is 4.98 Å². The lowest BCUT2D eigenvalue weighted by Gasteiger charge is -1.99. The highest BCUT2D eigenvalue weighted by Gasteiger charge is 2.10. The number of hydrogen-bond acceptors (Lipinski definition) is 1. The number of aliphatic hydroxyl groups is 1. The van der Waals surface area contributed by atoms with Gasteiger partial charge in [-0.05, 0) is 30.5 Å². The van der Waals surface area contributed by atoms with Gasteiger partial charge in [-0.25, -0.2) is 4.39 Å². The lowest BCUT2D eigenvalue weighted by Crippen LogP contribution is -1.89. The largest absolute Gasteiger partial charge is 0.396 e. The number of H-pyrrole nitrogens is 1. The Morgan fingerprint density at radius 1 is 1.40 bits per heavy atom. The van der Waals surface area contributed by atoms with Crippen molar-refractivity contribution in [2.75, 3.05) is 6.61 Å². The second kappa shape index (κ2) is 4.21. The van der Waals surface area contributed by atoms with E-state index >= 15 is 0 Å². The van der Waals surface area contributed by atoms with Crippen LogP contribution in [0.1, 0.15) is 12.0 Å². The zero-order valence-electron chi connectivity index (χ0n) is 8.06. The summed E-state index contributed by atoms with van der Waals surface area (Å²) in [5.41, 5.74) is 1.49. The molecule has 0 atom stereocenters. The molecule has 0 saturated heterocycles. The highest BCUT2D eigenvalue weighted by molar-refractivity contribution is 6.35. The second-order valence-corrected chi connectivity index (χ2v) is 3.83. The van der Waals surface area contributed by atoms with Crippen molar-refractivity contribution in [2.45, 2.75) is 12.8 Å². The van der Waals surface area contributed by atoms with E-state index in [0.29, 0.717) is 28.8 Å². The SMILES string of the molecule is OCCCc1c[nH]c2c(Cl)ccc(F)c12. The Morgan fingerprint density at radius 2 is 2.20 bits per heavy atom. The van der Waals surface area contributed by atoms with Gasteiger partial charge in [0.25, 0.3) is 0 Å². The molecular weight excluding hydrogens is 217 g/mol. The number of hydrogen-bond donors (Lipinski definition) is 2. The summed E-state index contributed by atoms with van der Waals surface area (Å²) < 4.78 is 13.5. The van der Waals surface area contributed by atoms with Gasteiger partial charge in [-0.1, -0.05) is 11.6 Å². The van der Waals surface area contributed by atoms with Gasteiger partial charge in [-0.3, -0.25) is 0 Å². The molecule has 1 heterocycles. The van der Waals surface area contributed by atoms with Crippen molar-refractivity contribution in [2.24, 2.45) is 0 Å². The third kappa shape index (κ3) is 1.85. The molecule has 0 spiro atoms. The summed E-state index contributed by atoms with van der Waals surface area (Å²) in [7, 11) is 0. The molecule has 1 aromatic heterocycles. The Morgan fingerprint density at radius 3 is 2.93 bits per heavy atom. The molecule has 0 radical (unpaired) electrons. The maximum absolute atomic E-state index is 13.5. The highest BCUT2D eigenvalue weighted by Crippen LogP contribution is 2.28. The molecule has 1 aromatic carbocycles. The quantitative estimate of drug-likeness (QED) is 0.831. The molecule has 2 aromatic rings. The van der Waals surface area contributed by atoms with Crippen LogP contribution in [0.15, 0.2) is 18.3 Å². The molecule has 4 heteroatoms. The molecule has 0 aliphatic heterocycles. The van der Waals surface area contributed by atoms with Crippen molar-refractivity contribution in [1.29, 1.82) is 0 Å². The van der Waals surface area contributed by atoms with E-state index < -0.39 is 0 Å². The van der Waals surface area contributed by atoms with E-state index in [4.69, 9.17) is 16.7 Å². The highest BCUT2D eigenvalue weighted by atomic mass is 35.5. The minimum Gasteiger partial charge on any atom is -0.396 e. The zero-order chi connectivity index (χ0) is 10.8. The average Bonchev–Trinajstić information content (AvgIpc) is 2.65. The predicted octanol–water partition coefficient (Wildman–Crippen LogP) is 2.89. The smallest absolute Gasteiger partial charge is 0.132 e. The molecule has 2 rings (SSSR count). The molecule has 0 fully saturated rings. The Kier molecular flexibility index (Phi) is 2.93. The monoisotopic (exact) mass is 227 g/mol. The summed E-state index contributed by atoms with van der Waals surface area (Å²) in [6.07, 6.45) is 3.02. The van der Waals surface area contributed by atoms with E-state index in [2.05, 4.69) is 4.98 Å². The molecule has 0 aliphatic carbocycles. The van der Waals surface area contributed by atoms with Gasteiger partial charge in [0, 0.05) is 18.2 Å². The Hall–Kier alpha value is -1.06. The first-order chi connectivity index (χ1) is 7.24. The van der Waals surface area contributed by atoms with E-state index in [1.807, 2.05) is 0 Å². The van der Waals surface area contributed by atoms with Crippen molar-refractivity contribution >= 4 is 22.5 Å². The number of nitrogens with one attached hydrogen (secondary N) is 1. The molecule has 2 N–H and O–H groups in total. The van der Waals surface area contributed by atoms with E-state index in [0.717, 1.165) is 5.56 Å². The topological polar surface area (TPSA) is 36.0 Å². The normalized spacial score (nSPS) is 11.1. The first-order valence-electron chi connectivity index (χ1n) is 4.79. The van der Waals surface area contributed by atoms with Gasteiger partial charge in [-0.15, -0.1) is 0 Å². The summed E-state index contributed by atoms with van der Waals surface area (Å²) in [6.45, 7) is 0.106. The Balaban J connectivity index is 2.53. The lowest BCUT2D eigenvalue weighted by molar-refractivity contribution is 0.288. The minimum atomic E-state index is -0.274. The Bertz CT molecular complexity index is 481. The molecular formula is C11H11ClFNO. The molecule has 0 aliphatic rings. The molecule has 15 heavy (non-hydrogen) atoms. The van der Waals surface area contributed by atoms with Gasteiger partial charge in [0.15, 0.2) is 0 Å². The van der Waals surface area contributed by atoms with Crippen LogP contribution in [-0.4, -0.2) is 16.7 Å². The number of aromatic nitrogens is 1. The van der Waals surface area contributed by atoms with Crippen molar-refractivity contribution in [3.63, 3.8) is 0 Å². The number of benzene rings is 1. The van der Waals surface area contributed by atoms with Crippen LogP contribution in [-0.2, 0) is 6.42 Å². The van der Waals surface area contributed by atoms with Crippen LogP contribution in [0.25, 0.3) is 10.9 Å². The van der Waals surface area contributed by atoms with Crippen LogP contribution < -0.4 is 0 Å². The molecule has 2 nitrogen and oxygen atoms in total. The van der Waals surface area contributed by atoms with Crippen LogP contribution in [0.5, 0.6) is 0 Å². The number of halogens is 2. The van der Waals surface area contributed by atoms with Crippen molar-refractivity contribution in [3.05, 3.63) is 34.7 Å². The summed E-state index contributed by atoms with van der Waals surface area (Å²) in [5, 5.41) is 9.78. The summed E-state index contributed by atoms with van der Waals surface area (Å²) in [5.74, 6) is -0.274. The van der Waals surface area contributed by atoms with Crippen LogP contribution in [0, 0.1) is 5.82 Å². The van der Waals surface area contributed by atoms with Gasteiger partial charge in [0.05, 0.1) is 10.5 Å². The third-order valence-corrected chi connectivity index (χ3v) is 2.73. The van der Waals surface area contributed by atoms with Crippen LogP contribution in [0.3, 0.4) is 0 Å². The second-order valence-electron chi connectivity index (χ2n) is 3.42. The van der Waals surface area contributed by atoms with Gasteiger partial charge >= 0.3 is 0 Å². The van der Waals surface area contributed by atoms with Gasteiger partial charge in [0.1, 0.15) is 5.82 Å². The van der Waals surface area contributed by atoms with Crippen LogP contribution in [0.2, 0.25) is 5.02 Å². The standard InChI is InChI=1S/C11H11ClFNO/c12-8-3-4-9(13)10-7(2-1-5-15)6-14-11(8)10/h3-4,6,14-15H,1-2,5H2. The summed E-state index contributed by atoms with van der Waals surface area (Å²) >= 11 is 5.93. The summed E-state index contributed by atoms with van der Waals surface area (Å²) in [4.78, 5) is 2.95. The third-order valence-electron chi connectivity index (χ3n) is 2.42. The fourth-order valence-electron chi connectivity index (χ4n) is 1.71. The van der Waals surface area contributed by atoms with Gasteiger partial charge < -0.3 is 10.1 Å². The number of aryl methyl sites for hydroxylation is 1. The molecule has 0 bridgehead atoms. The van der Waals surface area contributed by atoms with E-state index in [-0.39, 0.29) is 12.4 Å². The van der Waals surface area contributed by atoms with E-state index in [9.17, 15) is 4.39 Å². The maximum Gasteiger partial charge on any atom is 0.132 e. The van der Waals surface area contributed by atoms with Gasteiger partial charge in [-0.2, -0.15) is 0 Å². The van der Waals surface area contributed by atoms with Crippen LogP contribution >= 0.6 is 11.6 Å². The Labute approximate surface area is 91.7 Å². The number of rotatable bonds is 3. The molecule has 0 amide bonds. The maximum atomic E-state index is 13.5. The van der Waals surface area contributed by atoms with Crippen molar-refractivity contribution < 1.29 is 9.50 Å². The first-order valence-corrected chi connectivity index (χ1v) is 5.16. The van der Waals surface area contributed by atoms with Crippen molar-refractivity contribution in [3.8, 4) is 0 Å². The zero-order valence-corrected chi connectivity index (χ0v) is 8.81. The first kappa shape index (κ1) is 10.5. The van der Waals surface area contributed by atoms with E-state index in [1.54, 1.807) is 6.20 Å². The number of fused-ring (bicyclic) bond motifs is 1. The predicted molar refractivity (Wildman–Crippen MR) is 58.7 cm³/mol. The number of aliphatic hydroxyl groups excluding tert-OH is 1. The van der Waals surface area contributed by atoms with E-state index in [1.165, 1.54) is 12.1 Å². The van der Waals surface area contributed by atoms with Gasteiger partial charge in [0.2, 0.25) is 0 Å². The lowest BCUT2D eigenvalue weighted by atomic mass is 10.1. The van der Waals surface area contributed by atoms with Crippen LogP contribution in [0.4, 0.5) is 4.39 Å². The number of aromatic amines is 1. The average molecular weight is 228 g/mol. The minimum absolute atomic E-state index is 0.106. The summed E-state index contributed by atoms with van der Waals surface area (Å²) in [6, 6.07) is 2.90.